The number of ketones is 1. The molecule has 0 amide bonds. The van der Waals surface area contributed by atoms with E-state index in [2.05, 4.69) is 4.74 Å². The van der Waals surface area contributed by atoms with E-state index < -0.39 is 23.6 Å². The second-order valence-electron chi connectivity index (χ2n) is 3.73. The van der Waals surface area contributed by atoms with E-state index in [1.54, 1.807) is 0 Å². The molecule has 0 aromatic carbocycles. The molecule has 0 heterocycles. The van der Waals surface area contributed by atoms with Crippen LogP contribution in [-0.2, 0) is 14.3 Å². The molecule has 0 aliphatic heterocycles. The number of rotatable bonds is 2. The summed E-state index contributed by atoms with van der Waals surface area (Å²) in [5.41, 5.74) is 0. The van der Waals surface area contributed by atoms with Gasteiger partial charge in [0.05, 0.1) is 13.0 Å². The van der Waals surface area contributed by atoms with Gasteiger partial charge in [0.15, 0.2) is 0 Å². The maximum absolute atomic E-state index is 13.4. The third kappa shape index (κ3) is 2.52. The zero-order valence-electron chi connectivity index (χ0n) is 8.59. The number of esters is 1. The zero-order valence-corrected chi connectivity index (χ0v) is 8.59. The van der Waals surface area contributed by atoms with Crippen molar-refractivity contribution >= 4 is 11.8 Å². The van der Waals surface area contributed by atoms with Crippen molar-refractivity contribution in [1.82, 2.24) is 0 Å². The van der Waals surface area contributed by atoms with Crippen molar-refractivity contribution in [3.8, 4) is 0 Å². The number of hydrogen-bond acceptors (Lipinski definition) is 3. The third-order valence-electron chi connectivity index (χ3n) is 2.70. The first kappa shape index (κ1) is 12.1. The molecule has 5 heteroatoms. The van der Waals surface area contributed by atoms with E-state index in [1.165, 1.54) is 0 Å². The Bertz CT molecular complexity index is 263. The summed E-state index contributed by atoms with van der Waals surface area (Å²) in [6.07, 6.45) is 2.16. The van der Waals surface area contributed by atoms with Crippen LogP contribution in [0.1, 0.15) is 32.1 Å². The Kier molecular flexibility index (Phi) is 3.77. The first-order valence-corrected chi connectivity index (χ1v) is 4.99. The van der Waals surface area contributed by atoms with E-state index in [4.69, 9.17) is 0 Å². The van der Waals surface area contributed by atoms with Gasteiger partial charge in [0, 0.05) is 6.42 Å². The van der Waals surface area contributed by atoms with E-state index >= 15 is 0 Å². The van der Waals surface area contributed by atoms with Crippen LogP contribution in [0.4, 0.5) is 8.78 Å². The average Bonchev–Trinajstić information content (AvgIpc) is 2.41. The van der Waals surface area contributed by atoms with Gasteiger partial charge in [-0.2, -0.15) is 8.78 Å². The largest absolute Gasteiger partial charge is 0.465 e. The minimum absolute atomic E-state index is 0.0704. The van der Waals surface area contributed by atoms with Gasteiger partial charge in [-0.15, -0.1) is 0 Å². The van der Waals surface area contributed by atoms with E-state index in [0.29, 0.717) is 12.8 Å². The molecule has 1 aliphatic carbocycles. The Hall–Kier alpha value is -1.00. The Morgan fingerprint density at radius 1 is 1.40 bits per heavy atom. The van der Waals surface area contributed by atoms with E-state index in [0.717, 1.165) is 13.5 Å². The van der Waals surface area contributed by atoms with Gasteiger partial charge in [-0.05, 0) is 12.8 Å². The van der Waals surface area contributed by atoms with Crippen molar-refractivity contribution in [1.29, 1.82) is 0 Å². The van der Waals surface area contributed by atoms with Crippen LogP contribution < -0.4 is 0 Å². The standard InChI is InChI=1S/C10H14F2O3/c1-15-9(14)10(11,12)7-5-3-2-4-6-8(7)13/h7H,2-6H2,1H3. The summed E-state index contributed by atoms with van der Waals surface area (Å²) in [5.74, 6) is -7.30. The van der Waals surface area contributed by atoms with Gasteiger partial charge < -0.3 is 4.74 Å². The fourth-order valence-electron chi connectivity index (χ4n) is 1.82. The zero-order chi connectivity index (χ0) is 11.5. The fraction of sp³-hybridized carbons (Fsp3) is 0.800. The molecule has 1 aliphatic rings. The monoisotopic (exact) mass is 220 g/mol. The van der Waals surface area contributed by atoms with Crippen LogP contribution >= 0.6 is 0 Å². The lowest BCUT2D eigenvalue weighted by Gasteiger charge is -2.21. The molecule has 0 radical (unpaired) electrons. The number of alkyl halides is 2. The molecule has 0 bridgehead atoms. The summed E-state index contributed by atoms with van der Waals surface area (Å²) in [7, 11) is 0.900. The molecule has 15 heavy (non-hydrogen) atoms. The van der Waals surface area contributed by atoms with Gasteiger partial charge >= 0.3 is 11.9 Å². The molecule has 0 aromatic heterocycles. The minimum atomic E-state index is -3.67. The first-order valence-electron chi connectivity index (χ1n) is 4.99. The summed E-state index contributed by atoms with van der Waals surface area (Å²) in [6, 6.07) is 0. The van der Waals surface area contributed by atoms with Gasteiger partial charge in [0.25, 0.3) is 0 Å². The van der Waals surface area contributed by atoms with Crippen LogP contribution in [0.2, 0.25) is 0 Å². The molecule has 1 unspecified atom stereocenters. The molecule has 1 atom stereocenters. The minimum Gasteiger partial charge on any atom is -0.465 e. The van der Waals surface area contributed by atoms with Crippen molar-refractivity contribution in [2.45, 2.75) is 38.0 Å². The summed E-state index contributed by atoms with van der Waals surface area (Å²) in [6.45, 7) is 0. The van der Waals surface area contributed by atoms with Crippen LogP contribution in [-0.4, -0.2) is 24.8 Å². The van der Waals surface area contributed by atoms with Gasteiger partial charge in [0.1, 0.15) is 5.78 Å². The van der Waals surface area contributed by atoms with Gasteiger partial charge in [-0.3, -0.25) is 4.79 Å². The summed E-state index contributed by atoms with van der Waals surface area (Å²) in [5, 5.41) is 0. The highest BCUT2D eigenvalue weighted by molar-refractivity contribution is 5.89. The number of methoxy groups -OCH3 is 1. The average molecular weight is 220 g/mol. The molecule has 86 valence electrons. The van der Waals surface area contributed by atoms with Crippen molar-refractivity contribution in [3.05, 3.63) is 0 Å². The van der Waals surface area contributed by atoms with Gasteiger partial charge in [-0.1, -0.05) is 12.8 Å². The highest BCUT2D eigenvalue weighted by Gasteiger charge is 2.51. The van der Waals surface area contributed by atoms with Gasteiger partial charge in [0.2, 0.25) is 0 Å². The highest BCUT2D eigenvalue weighted by atomic mass is 19.3. The molecule has 0 aromatic rings. The Labute approximate surface area is 86.8 Å². The molecular weight excluding hydrogens is 206 g/mol. The highest BCUT2D eigenvalue weighted by Crippen LogP contribution is 2.34. The summed E-state index contributed by atoms with van der Waals surface area (Å²) >= 11 is 0. The number of ether oxygens (including phenoxy) is 1. The second-order valence-corrected chi connectivity index (χ2v) is 3.73. The van der Waals surface area contributed by atoms with E-state index in [-0.39, 0.29) is 12.8 Å². The Morgan fingerprint density at radius 2 is 2.07 bits per heavy atom. The van der Waals surface area contributed by atoms with E-state index in [1.807, 2.05) is 0 Å². The van der Waals surface area contributed by atoms with Crippen LogP contribution in [0.5, 0.6) is 0 Å². The van der Waals surface area contributed by atoms with Crippen LogP contribution in [0, 0.1) is 5.92 Å². The molecule has 3 nitrogen and oxygen atoms in total. The Morgan fingerprint density at radius 3 is 2.67 bits per heavy atom. The predicted octanol–water partition coefficient (Wildman–Crippen LogP) is 1.94. The van der Waals surface area contributed by atoms with Crippen molar-refractivity contribution in [3.63, 3.8) is 0 Å². The van der Waals surface area contributed by atoms with E-state index in [9.17, 15) is 18.4 Å². The topological polar surface area (TPSA) is 43.4 Å². The van der Waals surface area contributed by atoms with Crippen molar-refractivity contribution in [2.75, 3.05) is 7.11 Å². The molecular formula is C10H14F2O3. The molecule has 1 rings (SSSR count). The van der Waals surface area contributed by atoms with Gasteiger partial charge in [-0.25, -0.2) is 4.79 Å². The normalized spacial score (nSPS) is 23.4. The maximum Gasteiger partial charge on any atom is 0.377 e. The molecule has 1 fully saturated rings. The SMILES string of the molecule is COC(=O)C(F)(F)C1CCCCCC1=O. The predicted molar refractivity (Wildman–Crippen MR) is 48.5 cm³/mol. The smallest absolute Gasteiger partial charge is 0.377 e. The summed E-state index contributed by atoms with van der Waals surface area (Å²) in [4.78, 5) is 22.3. The second kappa shape index (κ2) is 4.68. The lowest BCUT2D eigenvalue weighted by atomic mass is 9.92. The molecule has 0 saturated heterocycles. The maximum atomic E-state index is 13.4. The molecule has 0 N–H and O–H groups in total. The van der Waals surface area contributed by atoms with Crippen LogP contribution in [0.15, 0.2) is 0 Å². The number of carbonyl (C=O) groups is 2. The number of carbonyl (C=O) groups excluding carboxylic acids is 2. The number of halogens is 2. The van der Waals surface area contributed by atoms with Crippen LogP contribution in [0.25, 0.3) is 0 Å². The Balaban J connectivity index is 2.82. The lowest BCUT2D eigenvalue weighted by molar-refractivity contribution is -0.180. The number of hydrogen-bond donors (Lipinski definition) is 0. The lowest BCUT2D eigenvalue weighted by Crippen LogP contribution is -2.42. The summed E-state index contributed by atoms with van der Waals surface area (Å²) < 4.78 is 30.9. The van der Waals surface area contributed by atoms with Crippen LogP contribution in [0.3, 0.4) is 0 Å². The van der Waals surface area contributed by atoms with Crippen molar-refractivity contribution in [2.24, 2.45) is 5.92 Å². The quantitative estimate of drug-likeness (QED) is 0.527. The first-order chi connectivity index (χ1) is 7.00. The molecule has 0 spiro atoms. The fourth-order valence-corrected chi connectivity index (χ4v) is 1.82. The van der Waals surface area contributed by atoms with Crippen molar-refractivity contribution < 1.29 is 23.1 Å². The third-order valence-corrected chi connectivity index (χ3v) is 2.70. The number of Topliss-reactive ketones (excluding diaryl/α,β-unsaturated/α-hetero) is 1. The molecule has 1 saturated carbocycles.